The van der Waals surface area contributed by atoms with Crippen LogP contribution in [0.5, 0.6) is 11.5 Å². The number of benzene rings is 2. The van der Waals surface area contributed by atoms with Crippen LogP contribution in [0.1, 0.15) is 36.0 Å². The molecule has 1 amide bonds. The van der Waals surface area contributed by atoms with Crippen molar-refractivity contribution in [3.05, 3.63) is 59.2 Å². The van der Waals surface area contributed by atoms with E-state index in [2.05, 4.69) is 0 Å². The van der Waals surface area contributed by atoms with Gasteiger partial charge < -0.3 is 19.1 Å². The van der Waals surface area contributed by atoms with E-state index < -0.39 is 21.4 Å². The topological polar surface area (TPSA) is 65.1 Å². The minimum atomic E-state index is -1.67. The molecule has 4 atom stereocenters. The smallest absolute Gasteiger partial charge is 0.410 e. The number of nitrogens with zero attached hydrogens (tertiary/aromatic N) is 1. The highest BCUT2D eigenvalue weighted by Gasteiger charge is 2.66. The third-order valence-electron chi connectivity index (χ3n) is 7.92. The van der Waals surface area contributed by atoms with E-state index >= 15 is 0 Å². The number of piperidine rings is 1. The molecule has 6 nitrogen and oxygen atoms in total. The fourth-order valence-electron chi connectivity index (χ4n) is 6.62. The Balaban J connectivity index is 1.34. The molecule has 2 aliphatic heterocycles. The highest BCUT2D eigenvalue weighted by atomic mass is 35.6. The molecule has 1 saturated carbocycles. The van der Waals surface area contributed by atoms with Crippen LogP contribution in [-0.2, 0) is 28.0 Å². The maximum atomic E-state index is 13.1. The molecule has 1 spiro atoms. The minimum Gasteiger partial charge on any atom is -0.485 e. The molecule has 0 N–H and O–H groups in total. The van der Waals surface area contributed by atoms with Gasteiger partial charge in [0, 0.05) is 24.6 Å². The summed E-state index contributed by atoms with van der Waals surface area (Å²) in [5.41, 5.74) is 2.78. The maximum Gasteiger partial charge on any atom is 0.410 e. The number of hydrogen-bond acceptors (Lipinski definition) is 5. The summed E-state index contributed by atoms with van der Waals surface area (Å²) in [6.45, 7) is 0.542. The lowest BCUT2D eigenvalue weighted by Gasteiger charge is -2.57. The number of halogens is 3. The van der Waals surface area contributed by atoms with E-state index in [-0.39, 0.29) is 24.3 Å². The molecule has 2 heterocycles. The lowest BCUT2D eigenvalue weighted by Crippen LogP contribution is -2.67. The van der Waals surface area contributed by atoms with Crippen molar-refractivity contribution in [2.24, 2.45) is 5.92 Å². The summed E-state index contributed by atoms with van der Waals surface area (Å²) in [4.78, 5) is 27.8. The number of amides is 1. The van der Waals surface area contributed by atoms with Crippen molar-refractivity contribution in [3.63, 3.8) is 0 Å². The molecule has 2 aliphatic carbocycles. The average molecular weight is 537 g/mol. The molecule has 0 radical (unpaired) electrons. The summed E-state index contributed by atoms with van der Waals surface area (Å²) in [6.07, 6.45) is 1.34. The van der Waals surface area contributed by atoms with Gasteiger partial charge in [0.1, 0.15) is 13.2 Å². The van der Waals surface area contributed by atoms with Crippen LogP contribution < -0.4 is 9.47 Å². The van der Waals surface area contributed by atoms with Crippen molar-refractivity contribution >= 4 is 46.7 Å². The van der Waals surface area contributed by atoms with Gasteiger partial charge in [0.05, 0.1) is 5.41 Å². The number of hydrogen-bond donors (Lipinski definition) is 0. The number of ketones is 1. The van der Waals surface area contributed by atoms with Crippen LogP contribution in [0.15, 0.2) is 42.5 Å². The summed E-state index contributed by atoms with van der Waals surface area (Å²) in [7, 11) is 0. The molecular weight excluding hydrogens is 513 g/mol. The summed E-state index contributed by atoms with van der Waals surface area (Å²) >= 11 is 17.4. The molecule has 184 valence electrons. The second kappa shape index (κ2) is 8.46. The van der Waals surface area contributed by atoms with Crippen LogP contribution in [0.3, 0.4) is 0 Å². The highest BCUT2D eigenvalue weighted by Crippen LogP contribution is 2.63. The van der Waals surface area contributed by atoms with Crippen molar-refractivity contribution in [1.82, 2.24) is 4.90 Å². The lowest BCUT2D eigenvalue weighted by atomic mass is 9.51. The number of ether oxygens (including phenoxy) is 3. The Morgan fingerprint density at radius 1 is 1.17 bits per heavy atom. The summed E-state index contributed by atoms with van der Waals surface area (Å²) < 4.78 is 16.3. The molecule has 2 aromatic carbocycles. The van der Waals surface area contributed by atoms with Crippen LogP contribution >= 0.6 is 34.8 Å². The largest absolute Gasteiger partial charge is 0.485 e. The van der Waals surface area contributed by atoms with E-state index in [1.54, 1.807) is 4.90 Å². The molecule has 35 heavy (non-hydrogen) atoms. The Labute approximate surface area is 218 Å². The van der Waals surface area contributed by atoms with Gasteiger partial charge in [0.25, 0.3) is 0 Å². The predicted octanol–water partition coefficient (Wildman–Crippen LogP) is 5.38. The maximum absolute atomic E-state index is 13.1. The van der Waals surface area contributed by atoms with Crippen molar-refractivity contribution in [2.75, 3.05) is 13.2 Å². The van der Waals surface area contributed by atoms with Gasteiger partial charge in [-0.05, 0) is 42.4 Å². The van der Waals surface area contributed by atoms with Crippen molar-refractivity contribution in [3.8, 4) is 11.5 Å². The molecule has 2 fully saturated rings. The normalized spacial score (nSPS) is 28.3. The zero-order valence-corrected chi connectivity index (χ0v) is 21.1. The van der Waals surface area contributed by atoms with Gasteiger partial charge in [-0.3, -0.25) is 4.79 Å². The minimum absolute atomic E-state index is 0.0809. The first kappa shape index (κ1) is 23.3. The summed E-state index contributed by atoms with van der Waals surface area (Å²) in [5.74, 6) is 1.54. The van der Waals surface area contributed by atoms with E-state index in [0.29, 0.717) is 50.3 Å². The third kappa shape index (κ3) is 3.76. The van der Waals surface area contributed by atoms with Crippen molar-refractivity contribution in [1.29, 1.82) is 0 Å². The summed E-state index contributed by atoms with van der Waals surface area (Å²) in [5, 5.41) is 0. The SMILES string of the molecule is O=C1CCC2C3Cc4ccc(OCc5ccccc5)c5c4C2(CCN3C(=O)OCC(Cl)(Cl)Cl)C1O5. The number of likely N-dealkylation sites (tertiary alicyclic amines) is 1. The lowest BCUT2D eigenvalue weighted by molar-refractivity contribution is -0.138. The first-order chi connectivity index (χ1) is 16.8. The van der Waals surface area contributed by atoms with Gasteiger partial charge in [-0.2, -0.15) is 0 Å². The molecule has 2 bridgehead atoms. The zero-order chi connectivity index (χ0) is 24.4. The molecule has 4 unspecified atom stereocenters. The first-order valence-corrected chi connectivity index (χ1v) is 12.9. The van der Waals surface area contributed by atoms with Gasteiger partial charge in [0.2, 0.25) is 3.79 Å². The van der Waals surface area contributed by atoms with E-state index in [4.69, 9.17) is 49.0 Å². The number of carbonyl (C=O) groups excluding carboxylic acids is 2. The quantitative estimate of drug-likeness (QED) is 0.491. The second-order valence-corrected chi connectivity index (χ2v) is 12.3. The Morgan fingerprint density at radius 2 is 1.97 bits per heavy atom. The fraction of sp³-hybridized carbons (Fsp3) is 0.462. The van der Waals surface area contributed by atoms with E-state index in [1.165, 1.54) is 0 Å². The summed E-state index contributed by atoms with van der Waals surface area (Å²) in [6, 6.07) is 13.8. The van der Waals surface area contributed by atoms with Crippen LogP contribution in [-0.4, -0.2) is 45.9 Å². The van der Waals surface area contributed by atoms with Crippen molar-refractivity contribution < 1.29 is 23.8 Å². The molecule has 2 aromatic rings. The second-order valence-electron chi connectivity index (χ2n) is 9.74. The first-order valence-electron chi connectivity index (χ1n) is 11.8. The number of rotatable bonds is 4. The highest BCUT2D eigenvalue weighted by molar-refractivity contribution is 6.67. The Bertz CT molecular complexity index is 1180. The molecule has 1 saturated heterocycles. The third-order valence-corrected chi connectivity index (χ3v) is 8.25. The van der Waals surface area contributed by atoms with E-state index in [9.17, 15) is 9.59 Å². The van der Waals surface area contributed by atoms with Crippen LogP contribution in [0.2, 0.25) is 0 Å². The van der Waals surface area contributed by atoms with Crippen molar-refractivity contribution in [2.45, 2.75) is 53.6 Å². The number of alkyl halides is 3. The molecule has 0 aromatic heterocycles. The van der Waals surface area contributed by atoms with Crippen LogP contribution in [0.25, 0.3) is 0 Å². The van der Waals surface area contributed by atoms with Gasteiger partial charge in [0.15, 0.2) is 23.4 Å². The zero-order valence-electron chi connectivity index (χ0n) is 18.8. The van der Waals surface area contributed by atoms with Gasteiger partial charge in [-0.15, -0.1) is 0 Å². The van der Waals surface area contributed by atoms with Crippen LogP contribution in [0.4, 0.5) is 4.79 Å². The Kier molecular flexibility index (Phi) is 5.62. The molecule has 4 aliphatic rings. The van der Waals surface area contributed by atoms with Gasteiger partial charge in [-0.25, -0.2) is 4.79 Å². The van der Waals surface area contributed by atoms with Gasteiger partial charge in [-0.1, -0.05) is 71.2 Å². The standard InChI is InChI=1S/C26H24Cl3NO5/c27-26(28,29)14-34-24(32)30-11-10-25-17-7-8-19(31)23(25)35-22-20(33-13-15-4-2-1-3-5-15)9-6-16(21(22)25)12-18(17)30/h1-6,9,17-18,23H,7-8,10-14H2. The molecular formula is C26H24Cl3NO5. The average Bonchev–Trinajstić information content (AvgIpc) is 3.18. The monoisotopic (exact) mass is 535 g/mol. The number of carbonyl (C=O) groups is 2. The fourth-order valence-corrected chi connectivity index (χ4v) is 6.78. The van der Waals surface area contributed by atoms with Crippen LogP contribution in [0, 0.1) is 5.92 Å². The Morgan fingerprint density at radius 3 is 2.74 bits per heavy atom. The predicted molar refractivity (Wildman–Crippen MR) is 131 cm³/mol. The molecule has 6 rings (SSSR count). The number of Topliss-reactive ketones (excluding diaryl/α,β-unsaturated/α-hetero) is 1. The van der Waals surface area contributed by atoms with E-state index in [1.807, 2.05) is 42.5 Å². The molecule has 9 heteroatoms. The van der Waals surface area contributed by atoms with Gasteiger partial charge >= 0.3 is 6.09 Å². The van der Waals surface area contributed by atoms with E-state index in [0.717, 1.165) is 16.7 Å². The Hall–Kier alpha value is -2.15.